The second kappa shape index (κ2) is 6.74. The van der Waals surface area contributed by atoms with Crippen molar-refractivity contribution in [2.45, 2.75) is 26.8 Å². The molecule has 1 unspecified atom stereocenters. The van der Waals surface area contributed by atoms with Crippen LogP contribution < -0.4 is 16.0 Å². The van der Waals surface area contributed by atoms with Crippen LogP contribution in [0.25, 0.3) is 0 Å². The van der Waals surface area contributed by atoms with E-state index < -0.39 is 18.0 Å². The van der Waals surface area contributed by atoms with Crippen molar-refractivity contribution in [3.8, 4) is 0 Å². The van der Waals surface area contributed by atoms with E-state index in [0.29, 0.717) is 5.56 Å². The van der Waals surface area contributed by atoms with Crippen molar-refractivity contribution in [1.82, 2.24) is 10.6 Å². The molecule has 0 aliphatic carbocycles. The van der Waals surface area contributed by atoms with Gasteiger partial charge < -0.3 is 21.1 Å². The minimum Gasteiger partial charge on any atom is -0.478 e. The molecule has 0 aliphatic rings. The van der Waals surface area contributed by atoms with Crippen LogP contribution in [0.1, 0.15) is 28.4 Å². The molecule has 114 valence electrons. The number of rotatable bonds is 4. The number of carboxylic acids is 1. The van der Waals surface area contributed by atoms with Crippen molar-refractivity contribution in [1.29, 1.82) is 0 Å². The van der Waals surface area contributed by atoms with Crippen molar-refractivity contribution in [2.75, 3.05) is 12.4 Å². The number of nitrogens with one attached hydrogen (secondary N) is 3. The summed E-state index contributed by atoms with van der Waals surface area (Å²) in [5.74, 6) is -1.47. The summed E-state index contributed by atoms with van der Waals surface area (Å²) in [7, 11) is 1.46. The van der Waals surface area contributed by atoms with Gasteiger partial charge in [0.25, 0.3) is 0 Å². The summed E-state index contributed by atoms with van der Waals surface area (Å²) < 4.78 is 0. The van der Waals surface area contributed by atoms with Crippen LogP contribution in [-0.2, 0) is 4.79 Å². The van der Waals surface area contributed by atoms with Gasteiger partial charge in [0, 0.05) is 7.05 Å². The zero-order chi connectivity index (χ0) is 16.2. The largest absolute Gasteiger partial charge is 0.478 e. The molecule has 1 rings (SSSR count). The minimum atomic E-state index is -1.13. The summed E-state index contributed by atoms with van der Waals surface area (Å²) in [4.78, 5) is 34.4. The van der Waals surface area contributed by atoms with E-state index in [4.69, 9.17) is 0 Å². The van der Waals surface area contributed by atoms with Gasteiger partial charge >= 0.3 is 12.0 Å². The highest BCUT2D eigenvalue weighted by molar-refractivity contribution is 6.02. The Bertz CT molecular complexity index is 584. The Labute approximate surface area is 122 Å². The number of carboxylic acid groups (broad SMARTS) is 1. The smallest absolute Gasteiger partial charge is 0.337 e. The number of aromatic carboxylic acids is 1. The van der Waals surface area contributed by atoms with Crippen molar-refractivity contribution in [3.63, 3.8) is 0 Å². The summed E-state index contributed by atoms with van der Waals surface area (Å²) in [6.45, 7) is 5.01. The molecule has 0 saturated heterocycles. The highest BCUT2D eigenvalue weighted by Gasteiger charge is 2.18. The number of amides is 3. The first-order chi connectivity index (χ1) is 9.76. The SMILES string of the molecule is CNC(=O)C(C)NC(=O)Nc1c(C)cc(C)cc1C(=O)O. The molecule has 1 aromatic rings. The normalized spacial score (nSPS) is 11.4. The lowest BCUT2D eigenvalue weighted by atomic mass is 10.0. The molecule has 3 amide bonds. The molecule has 0 bridgehead atoms. The number of likely N-dealkylation sites (N-methyl/N-ethyl adjacent to an activating group) is 1. The van der Waals surface area contributed by atoms with Gasteiger partial charge in [0.05, 0.1) is 11.3 Å². The zero-order valence-corrected chi connectivity index (χ0v) is 12.4. The second-order valence-electron chi connectivity index (χ2n) is 4.74. The Kier molecular flexibility index (Phi) is 5.29. The maximum atomic E-state index is 11.9. The first-order valence-electron chi connectivity index (χ1n) is 6.40. The van der Waals surface area contributed by atoms with Crippen molar-refractivity contribution in [2.24, 2.45) is 0 Å². The standard InChI is InChI=1S/C14H19N3O4/c1-7-5-8(2)11(10(6-7)13(19)20)17-14(21)16-9(3)12(18)15-4/h5-6,9H,1-4H3,(H,15,18)(H,19,20)(H2,16,17,21). The van der Waals surface area contributed by atoms with E-state index in [1.54, 1.807) is 19.9 Å². The Hall–Kier alpha value is -2.57. The van der Waals surface area contributed by atoms with Crippen LogP contribution in [0.4, 0.5) is 10.5 Å². The van der Waals surface area contributed by atoms with Gasteiger partial charge in [0.15, 0.2) is 0 Å². The molecule has 0 fully saturated rings. The molecule has 1 atom stereocenters. The van der Waals surface area contributed by atoms with E-state index in [0.717, 1.165) is 5.56 Å². The molecule has 0 saturated carbocycles. The summed E-state index contributed by atoms with van der Waals surface area (Å²) >= 11 is 0. The van der Waals surface area contributed by atoms with Crippen LogP contribution >= 0.6 is 0 Å². The van der Waals surface area contributed by atoms with E-state index in [9.17, 15) is 19.5 Å². The number of hydrogen-bond donors (Lipinski definition) is 4. The van der Waals surface area contributed by atoms with E-state index in [1.807, 2.05) is 0 Å². The fourth-order valence-corrected chi connectivity index (χ4v) is 1.93. The van der Waals surface area contributed by atoms with E-state index in [2.05, 4.69) is 16.0 Å². The van der Waals surface area contributed by atoms with Gasteiger partial charge in [-0.25, -0.2) is 9.59 Å². The molecule has 0 aromatic heterocycles. The molecular weight excluding hydrogens is 274 g/mol. The fourth-order valence-electron chi connectivity index (χ4n) is 1.93. The van der Waals surface area contributed by atoms with Gasteiger partial charge in [-0.1, -0.05) is 6.07 Å². The molecule has 0 radical (unpaired) electrons. The van der Waals surface area contributed by atoms with Crippen LogP contribution in [0, 0.1) is 13.8 Å². The summed E-state index contributed by atoms with van der Waals surface area (Å²) in [5, 5.41) is 16.5. The van der Waals surface area contributed by atoms with Crippen molar-refractivity contribution < 1.29 is 19.5 Å². The predicted molar refractivity (Wildman–Crippen MR) is 78.6 cm³/mol. The number of aryl methyl sites for hydroxylation is 2. The van der Waals surface area contributed by atoms with Crippen LogP contribution in [0.15, 0.2) is 12.1 Å². The Morgan fingerprint density at radius 3 is 2.33 bits per heavy atom. The number of urea groups is 1. The quantitative estimate of drug-likeness (QED) is 0.670. The highest BCUT2D eigenvalue weighted by Crippen LogP contribution is 2.22. The van der Waals surface area contributed by atoms with Crippen molar-refractivity contribution >= 4 is 23.6 Å². The third-order valence-corrected chi connectivity index (χ3v) is 2.94. The first kappa shape index (κ1) is 16.5. The Morgan fingerprint density at radius 1 is 1.19 bits per heavy atom. The van der Waals surface area contributed by atoms with Crippen molar-refractivity contribution in [3.05, 3.63) is 28.8 Å². The molecule has 0 heterocycles. The molecule has 4 N–H and O–H groups in total. The van der Waals surface area contributed by atoms with Gasteiger partial charge in [-0.2, -0.15) is 0 Å². The van der Waals surface area contributed by atoms with Gasteiger partial charge in [-0.15, -0.1) is 0 Å². The second-order valence-corrected chi connectivity index (χ2v) is 4.74. The monoisotopic (exact) mass is 293 g/mol. The lowest BCUT2D eigenvalue weighted by Crippen LogP contribution is -2.45. The van der Waals surface area contributed by atoms with Gasteiger partial charge in [-0.05, 0) is 38.0 Å². The maximum absolute atomic E-state index is 11.9. The Morgan fingerprint density at radius 2 is 1.81 bits per heavy atom. The van der Waals surface area contributed by atoms with E-state index in [1.165, 1.54) is 20.0 Å². The molecule has 7 nitrogen and oxygen atoms in total. The zero-order valence-electron chi connectivity index (χ0n) is 12.4. The summed E-state index contributed by atoms with van der Waals surface area (Å²) in [6.07, 6.45) is 0. The number of carbonyl (C=O) groups is 3. The molecular formula is C14H19N3O4. The molecule has 7 heteroatoms. The summed E-state index contributed by atoms with van der Waals surface area (Å²) in [6, 6.07) is 1.88. The van der Waals surface area contributed by atoms with E-state index in [-0.39, 0.29) is 17.2 Å². The average molecular weight is 293 g/mol. The van der Waals surface area contributed by atoms with Crippen LogP contribution in [-0.4, -0.2) is 36.1 Å². The average Bonchev–Trinajstić information content (AvgIpc) is 2.40. The number of anilines is 1. The minimum absolute atomic E-state index is 0.00949. The van der Waals surface area contributed by atoms with Gasteiger partial charge in [-0.3, -0.25) is 4.79 Å². The van der Waals surface area contributed by atoms with Crippen LogP contribution in [0.2, 0.25) is 0 Å². The third-order valence-electron chi connectivity index (χ3n) is 2.94. The predicted octanol–water partition coefficient (Wildman–Crippen LogP) is 1.26. The summed E-state index contributed by atoms with van der Waals surface area (Å²) in [5.41, 5.74) is 1.65. The number of hydrogen-bond acceptors (Lipinski definition) is 3. The topological polar surface area (TPSA) is 108 Å². The third kappa shape index (κ3) is 4.20. The molecule has 1 aromatic carbocycles. The number of benzene rings is 1. The van der Waals surface area contributed by atoms with E-state index >= 15 is 0 Å². The lowest BCUT2D eigenvalue weighted by Gasteiger charge is -2.16. The molecule has 0 aliphatic heterocycles. The molecule has 21 heavy (non-hydrogen) atoms. The molecule has 0 spiro atoms. The number of carbonyl (C=O) groups excluding carboxylic acids is 2. The van der Waals surface area contributed by atoms with Crippen LogP contribution in [0.5, 0.6) is 0 Å². The highest BCUT2D eigenvalue weighted by atomic mass is 16.4. The lowest BCUT2D eigenvalue weighted by molar-refractivity contribution is -0.122. The van der Waals surface area contributed by atoms with Crippen LogP contribution in [0.3, 0.4) is 0 Å². The van der Waals surface area contributed by atoms with Gasteiger partial charge in [0.2, 0.25) is 5.91 Å². The maximum Gasteiger partial charge on any atom is 0.337 e. The van der Waals surface area contributed by atoms with Gasteiger partial charge in [0.1, 0.15) is 6.04 Å². The Balaban J connectivity index is 2.95. The first-order valence-corrected chi connectivity index (χ1v) is 6.40. The fraction of sp³-hybridized carbons (Fsp3) is 0.357.